The molecule has 3 heterocycles. The Morgan fingerprint density at radius 1 is 1.28 bits per heavy atom. The maximum Gasteiger partial charge on any atom is 0.351 e. The average molecular weight is 411 g/mol. The number of carbonyl (C=O) groups is 2. The summed E-state index contributed by atoms with van der Waals surface area (Å²) in [6.07, 6.45) is 1.84. The Labute approximate surface area is 170 Å². The zero-order chi connectivity index (χ0) is 20.5. The van der Waals surface area contributed by atoms with Crippen LogP contribution >= 0.6 is 11.3 Å². The van der Waals surface area contributed by atoms with E-state index in [0.717, 1.165) is 11.3 Å². The number of nitrogens with two attached hydrogens (primary N) is 1. The number of thiophene rings is 1. The molecule has 0 radical (unpaired) electrons. The van der Waals surface area contributed by atoms with Crippen molar-refractivity contribution in [3.63, 3.8) is 0 Å². The molecular formula is C21H18FN3O3S. The monoisotopic (exact) mass is 411 g/mol. The number of amides is 1. The number of hydrogen-bond acceptors (Lipinski definition) is 6. The number of pyridine rings is 1. The van der Waals surface area contributed by atoms with Crippen molar-refractivity contribution in [2.45, 2.75) is 13.3 Å². The van der Waals surface area contributed by atoms with Crippen molar-refractivity contribution < 1.29 is 18.7 Å². The second kappa shape index (κ2) is 7.63. The Bertz CT molecular complexity index is 1100. The maximum absolute atomic E-state index is 15.0. The summed E-state index contributed by atoms with van der Waals surface area (Å²) in [7, 11) is 0. The number of halogens is 1. The molecule has 29 heavy (non-hydrogen) atoms. The highest BCUT2D eigenvalue weighted by atomic mass is 32.1. The van der Waals surface area contributed by atoms with Crippen LogP contribution in [0.25, 0.3) is 10.6 Å². The zero-order valence-electron chi connectivity index (χ0n) is 15.6. The van der Waals surface area contributed by atoms with E-state index >= 15 is 4.39 Å². The molecule has 0 spiro atoms. The van der Waals surface area contributed by atoms with Gasteiger partial charge < -0.3 is 15.4 Å². The van der Waals surface area contributed by atoms with E-state index < -0.39 is 11.8 Å². The molecule has 0 aliphatic carbocycles. The van der Waals surface area contributed by atoms with Gasteiger partial charge in [-0.2, -0.15) is 0 Å². The van der Waals surface area contributed by atoms with Crippen LogP contribution in [0.2, 0.25) is 0 Å². The van der Waals surface area contributed by atoms with Crippen LogP contribution in [0.1, 0.15) is 32.5 Å². The fourth-order valence-electron chi connectivity index (χ4n) is 3.31. The first kappa shape index (κ1) is 19.1. The summed E-state index contributed by atoms with van der Waals surface area (Å²) in [6.45, 7) is 2.09. The Balaban J connectivity index is 1.79. The van der Waals surface area contributed by atoms with Crippen LogP contribution in [0.15, 0.2) is 42.6 Å². The van der Waals surface area contributed by atoms with Crippen molar-refractivity contribution in [1.82, 2.24) is 4.98 Å². The number of nitrogens with zero attached hydrogens (tertiary/aromatic N) is 2. The molecule has 0 atom stereocenters. The predicted octanol–water partition coefficient (Wildman–Crippen LogP) is 3.91. The number of benzene rings is 1. The largest absolute Gasteiger partial charge is 0.462 e. The minimum atomic E-state index is -0.685. The summed E-state index contributed by atoms with van der Waals surface area (Å²) < 4.78 is 20.0. The quantitative estimate of drug-likeness (QED) is 0.522. The van der Waals surface area contributed by atoms with Crippen molar-refractivity contribution >= 4 is 34.6 Å². The lowest BCUT2D eigenvalue weighted by atomic mass is 10.1. The highest BCUT2D eigenvalue weighted by molar-refractivity contribution is 7.17. The van der Waals surface area contributed by atoms with Gasteiger partial charge in [0.05, 0.1) is 17.2 Å². The van der Waals surface area contributed by atoms with E-state index in [1.807, 2.05) is 0 Å². The summed E-state index contributed by atoms with van der Waals surface area (Å²) >= 11 is 1.01. The van der Waals surface area contributed by atoms with Crippen LogP contribution in [0.3, 0.4) is 0 Å². The van der Waals surface area contributed by atoms with Crippen LogP contribution in [0.4, 0.5) is 15.8 Å². The summed E-state index contributed by atoms with van der Waals surface area (Å²) in [5.41, 5.74) is 8.19. The number of aromatic nitrogens is 1. The van der Waals surface area contributed by atoms with Crippen LogP contribution < -0.4 is 10.6 Å². The van der Waals surface area contributed by atoms with Gasteiger partial charge in [-0.15, -0.1) is 11.3 Å². The maximum atomic E-state index is 15.0. The molecule has 1 amide bonds. The van der Waals surface area contributed by atoms with Crippen molar-refractivity contribution in [2.75, 3.05) is 23.8 Å². The molecular weight excluding hydrogens is 393 g/mol. The third-order valence-corrected chi connectivity index (χ3v) is 5.88. The molecule has 0 unspecified atom stereocenters. The Morgan fingerprint density at radius 2 is 2.03 bits per heavy atom. The molecule has 2 aromatic heterocycles. The average Bonchev–Trinajstić information content (AvgIpc) is 2.96. The van der Waals surface area contributed by atoms with Crippen LogP contribution in [0, 0.1) is 5.82 Å². The molecule has 1 aliphatic heterocycles. The molecule has 8 heteroatoms. The number of nitrogen functional groups attached to an aromatic ring is 1. The summed E-state index contributed by atoms with van der Waals surface area (Å²) in [6, 6.07) is 10.1. The summed E-state index contributed by atoms with van der Waals surface area (Å²) in [5.74, 6) is -1.50. The molecule has 2 N–H and O–H groups in total. The smallest absolute Gasteiger partial charge is 0.351 e. The minimum absolute atomic E-state index is 0.0632. The zero-order valence-corrected chi connectivity index (χ0v) is 16.5. The van der Waals surface area contributed by atoms with E-state index in [2.05, 4.69) is 4.98 Å². The van der Waals surface area contributed by atoms with E-state index in [-0.39, 0.29) is 30.4 Å². The van der Waals surface area contributed by atoms with Crippen LogP contribution in [-0.2, 0) is 11.2 Å². The van der Waals surface area contributed by atoms with E-state index in [9.17, 15) is 9.59 Å². The standard InChI is InChI=1S/C21H18FN3O3S/c1-2-28-21(27)19-16(22)14-9-11-25(20(26)12-5-7-13(23)8-6-12)15-4-3-10-24-17(15)18(14)29-19/h3-8,10H,2,9,11,23H2,1H3. The third kappa shape index (κ3) is 3.36. The number of esters is 1. The van der Waals surface area contributed by atoms with Gasteiger partial charge in [0.15, 0.2) is 5.82 Å². The van der Waals surface area contributed by atoms with E-state index in [4.69, 9.17) is 10.5 Å². The van der Waals surface area contributed by atoms with Crippen LogP contribution in [0.5, 0.6) is 0 Å². The fourth-order valence-corrected chi connectivity index (χ4v) is 4.44. The second-order valence-corrected chi connectivity index (χ2v) is 7.49. The van der Waals surface area contributed by atoms with Gasteiger partial charge in [-0.25, -0.2) is 9.18 Å². The fraction of sp³-hybridized carbons (Fsp3) is 0.190. The van der Waals surface area contributed by atoms with Crippen molar-refractivity contribution in [1.29, 1.82) is 0 Å². The number of ether oxygens (including phenoxy) is 1. The summed E-state index contributed by atoms with van der Waals surface area (Å²) in [4.78, 5) is 31.7. The first-order chi connectivity index (χ1) is 14.0. The first-order valence-corrected chi connectivity index (χ1v) is 9.94. The van der Waals surface area contributed by atoms with Crippen molar-refractivity contribution in [3.05, 3.63) is 64.4 Å². The predicted molar refractivity (Wildman–Crippen MR) is 110 cm³/mol. The van der Waals surface area contributed by atoms with Gasteiger partial charge in [-0.05, 0) is 49.7 Å². The van der Waals surface area contributed by atoms with E-state index in [0.29, 0.717) is 33.1 Å². The highest BCUT2D eigenvalue weighted by Crippen LogP contribution is 2.42. The van der Waals surface area contributed by atoms with Gasteiger partial charge in [-0.1, -0.05) is 0 Å². The third-order valence-electron chi connectivity index (χ3n) is 4.68. The van der Waals surface area contributed by atoms with Crippen LogP contribution in [-0.4, -0.2) is 30.0 Å². The van der Waals surface area contributed by atoms with E-state index in [1.54, 1.807) is 54.4 Å². The molecule has 6 nitrogen and oxygen atoms in total. The van der Waals surface area contributed by atoms with Crippen molar-refractivity contribution in [3.8, 4) is 10.6 Å². The van der Waals surface area contributed by atoms with Crippen molar-refractivity contribution in [2.24, 2.45) is 0 Å². The number of rotatable bonds is 3. The lowest BCUT2D eigenvalue weighted by Gasteiger charge is -2.22. The molecule has 0 bridgehead atoms. The SMILES string of the molecule is CCOC(=O)c1sc2c(c1F)CCN(C(=O)c1ccc(N)cc1)c1cccnc1-2. The van der Waals surface area contributed by atoms with Gasteiger partial charge >= 0.3 is 5.97 Å². The second-order valence-electron chi connectivity index (χ2n) is 6.47. The van der Waals surface area contributed by atoms with Gasteiger partial charge in [-0.3, -0.25) is 9.78 Å². The molecule has 3 aromatic rings. The number of hydrogen-bond donors (Lipinski definition) is 1. The van der Waals surface area contributed by atoms with Gasteiger partial charge in [0.1, 0.15) is 10.6 Å². The molecule has 0 saturated heterocycles. The molecule has 1 aromatic carbocycles. The molecule has 4 rings (SSSR count). The lowest BCUT2D eigenvalue weighted by Crippen LogP contribution is -2.32. The molecule has 148 valence electrons. The van der Waals surface area contributed by atoms with Gasteiger partial charge in [0, 0.05) is 29.6 Å². The Hall–Kier alpha value is -3.26. The Morgan fingerprint density at radius 3 is 2.76 bits per heavy atom. The Kier molecular flexibility index (Phi) is 5.02. The topological polar surface area (TPSA) is 85.5 Å². The molecule has 0 fully saturated rings. The summed E-state index contributed by atoms with van der Waals surface area (Å²) in [5, 5.41) is 0. The number of fused-ring (bicyclic) bond motifs is 3. The number of anilines is 2. The lowest BCUT2D eigenvalue weighted by molar-refractivity contribution is 0.0527. The number of carbonyl (C=O) groups excluding carboxylic acids is 2. The minimum Gasteiger partial charge on any atom is -0.462 e. The van der Waals surface area contributed by atoms with Gasteiger partial charge in [0.2, 0.25) is 0 Å². The van der Waals surface area contributed by atoms with E-state index in [1.165, 1.54) is 0 Å². The van der Waals surface area contributed by atoms with Gasteiger partial charge in [0.25, 0.3) is 5.91 Å². The normalized spacial score (nSPS) is 12.7. The first-order valence-electron chi connectivity index (χ1n) is 9.12. The molecule has 0 saturated carbocycles. The molecule has 1 aliphatic rings. The highest BCUT2D eigenvalue weighted by Gasteiger charge is 2.32.